The van der Waals surface area contributed by atoms with E-state index in [1.54, 1.807) is 7.11 Å². The summed E-state index contributed by atoms with van der Waals surface area (Å²) in [6, 6.07) is 15.5. The van der Waals surface area contributed by atoms with E-state index in [-0.39, 0.29) is 18.5 Å². The summed E-state index contributed by atoms with van der Waals surface area (Å²) in [6.07, 6.45) is 3.79. The topological polar surface area (TPSA) is 83.1 Å². The van der Waals surface area contributed by atoms with E-state index in [1.807, 2.05) is 55.5 Å². The Morgan fingerprint density at radius 3 is 2.68 bits per heavy atom. The monoisotopic (exact) mass is 503 g/mol. The van der Waals surface area contributed by atoms with Gasteiger partial charge in [-0.05, 0) is 55.9 Å². The molecule has 1 N–H and O–H groups in total. The molecule has 2 aromatic carbocycles. The zero-order chi connectivity index (χ0) is 25.8. The van der Waals surface area contributed by atoms with Crippen LogP contribution in [0.25, 0.3) is 0 Å². The first-order chi connectivity index (χ1) is 18.0. The minimum Gasteiger partial charge on any atom is -0.493 e. The fourth-order valence-electron chi connectivity index (χ4n) is 5.33. The highest BCUT2D eigenvalue weighted by Crippen LogP contribution is 2.44. The van der Waals surface area contributed by atoms with Crippen molar-refractivity contribution in [2.45, 2.75) is 57.7 Å². The SMILES string of the molecule is COc1cc([C@H]2C(C(=O)OC[C@@H]3CCCO3)=C(C)NC3=C2C(=O)CCC3)ccc1OCc1ccccc1. The van der Waals surface area contributed by atoms with Crippen molar-refractivity contribution in [3.63, 3.8) is 0 Å². The lowest BCUT2D eigenvalue weighted by atomic mass is 9.75. The maximum atomic E-state index is 13.4. The average molecular weight is 504 g/mol. The predicted octanol–water partition coefficient (Wildman–Crippen LogP) is 4.96. The molecule has 0 spiro atoms. The summed E-state index contributed by atoms with van der Waals surface area (Å²) in [5.41, 5.74) is 4.52. The van der Waals surface area contributed by atoms with Crippen molar-refractivity contribution in [2.75, 3.05) is 20.3 Å². The molecule has 0 saturated carbocycles. The third kappa shape index (κ3) is 5.42. The number of ether oxygens (including phenoxy) is 4. The van der Waals surface area contributed by atoms with Gasteiger partial charge in [0.25, 0.3) is 0 Å². The third-order valence-corrected chi connectivity index (χ3v) is 7.18. The zero-order valence-corrected chi connectivity index (χ0v) is 21.4. The number of rotatable bonds is 8. The van der Waals surface area contributed by atoms with Gasteiger partial charge < -0.3 is 24.3 Å². The number of carbonyl (C=O) groups is 2. The summed E-state index contributed by atoms with van der Waals surface area (Å²) in [5, 5.41) is 3.34. The first kappa shape index (κ1) is 25.1. The van der Waals surface area contributed by atoms with Crippen molar-refractivity contribution in [1.29, 1.82) is 0 Å². The van der Waals surface area contributed by atoms with Crippen LogP contribution < -0.4 is 14.8 Å². The highest BCUT2D eigenvalue weighted by atomic mass is 16.6. The van der Waals surface area contributed by atoms with Crippen LogP contribution in [0.2, 0.25) is 0 Å². The first-order valence-electron chi connectivity index (χ1n) is 12.9. The Kier molecular flexibility index (Phi) is 7.60. The number of esters is 1. The predicted molar refractivity (Wildman–Crippen MR) is 138 cm³/mol. The Morgan fingerprint density at radius 2 is 1.92 bits per heavy atom. The van der Waals surface area contributed by atoms with Crippen LogP contribution in [-0.4, -0.2) is 38.2 Å². The van der Waals surface area contributed by atoms with Crippen LogP contribution in [0.1, 0.15) is 56.1 Å². The van der Waals surface area contributed by atoms with Gasteiger partial charge in [0.2, 0.25) is 0 Å². The molecule has 0 unspecified atom stereocenters. The lowest BCUT2D eigenvalue weighted by Gasteiger charge is -2.34. The van der Waals surface area contributed by atoms with E-state index < -0.39 is 11.9 Å². The zero-order valence-electron chi connectivity index (χ0n) is 21.4. The van der Waals surface area contributed by atoms with Gasteiger partial charge in [-0.15, -0.1) is 0 Å². The van der Waals surface area contributed by atoms with Gasteiger partial charge in [0.15, 0.2) is 17.3 Å². The standard InChI is InChI=1S/C30H33NO6/c1-19-27(30(33)37-18-22-10-7-15-35-22)28(29-23(31-19)11-6-12-24(29)32)21-13-14-25(26(16-21)34-2)36-17-20-8-4-3-5-9-20/h3-5,8-9,13-14,16,22,28,31H,6-7,10-12,15,17-18H2,1-2H3/t22-,28-/m0/s1. The number of ketones is 1. The van der Waals surface area contributed by atoms with E-state index in [2.05, 4.69) is 5.32 Å². The second-order valence-electron chi connectivity index (χ2n) is 9.68. The van der Waals surface area contributed by atoms with E-state index in [1.165, 1.54) is 0 Å². The molecule has 0 radical (unpaired) electrons. The second-order valence-corrected chi connectivity index (χ2v) is 9.68. The fraction of sp³-hybridized carbons (Fsp3) is 0.400. The average Bonchev–Trinajstić information content (AvgIpc) is 3.44. The molecule has 37 heavy (non-hydrogen) atoms. The first-order valence-corrected chi connectivity index (χ1v) is 12.9. The maximum absolute atomic E-state index is 13.4. The van der Waals surface area contributed by atoms with E-state index in [9.17, 15) is 9.59 Å². The van der Waals surface area contributed by atoms with Crippen LogP contribution >= 0.6 is 0 Å². The van der Waals surface area contributed by atoms with E-state index in [0.29, 0.717) is 48.0 Å². The van der Waals surface area contributed by atoms with E-state index in [0.717, 1.165) is 42.5 Å². The smallest absolute Gasteiger partial charge is 0.336 e. The van der Waals surface area contributed by atoms with Crippen molar-refractivity contribution in [1.82, 2.24) is 5.32 Å². The molecule has 0 bridgehead atoms. The van der Waals surface area contributed by atoms with Crippen LogP contribution in [0.5, 0.6) is 11.5 Å². The van der Waals surface area contributed by atoms with Crippen LogP contribution in [0, 0.1) is 0 Å². The van der Waals surface area contributed by atoms with Gasteiger partial charge >= 0.3 is 5.97 Å². The molecule has 0 aromatic heterocycles. The Balaban J connectivity index is 1.46. The van der Waals surface area contributed by atoms with Gasteiger partial charge in [0.1, 0.15) is 13.2 Å². The number of benzene rings is 2. The Morgan fingerprint density at radius 1 is 1.08 bits per heavy atom. The molecule has 2 aliphatic heterocycles. The summed E-state index contributed by atoms with van der Waals surface area (Å²) in [6.45, 7) is 3.17. The third-order valence-electron chi connectivity index (χ3n) is 7.18. The molecule has 2 heterocycles. The molecule has 0 amide bonds. The van der Waals surface area contributed by atoms with Crippen molar-refractivity contribution in [3.8, 4) is 11.5 Å². The van der Waals surface area contributed by atoms with Crippen molar-refractivity contribution >= 4 is 11.8 Å². The molecule has 2 aromatic rings. The lowest BCUT2D eigenvalue weighted by Crippen LogP contribution is -2.35. The van der Waals surface area contributed by atoms with Crippen molar-refractivity contribution < 1.29 is 28.5 Å². The minimum atomic E-state index is -0.543. The highest BCUT2D eigenvalue weighted by Gasteiger charge is 2.39. The Hall–Kier alpha value is -3.58. The fourth-order valence-corrected chi connectivity index (χ4v) is 5.33. The van der Waals surface area contributed by atoms with Gasteiger partial charge in [-0.25, -0.2) is 4.79 Å². The highest BCUT2D eigenvalue weighted by molar-refractivity contribution is 6.03. The second kappa shape index (κ2) is 11.2. The number of dihydropyridines is 1. The molecular formula is C30H33NO6. The van der Waals surface area contributed by atoms with Gasteiger partial charge in [-0.1, -0.05) is 36.4 Å². The summed E-state index contributed by atoms with van der Waals surface area (Å²) in [5.74, 6) is 0.217. The molecule has 5 rings (SSSR count). The number of hydrogen-bond acceptors (Lipinski definition) is 7. The Bertz CT molecular complexity index is 1230. The summed E-state index contributed by atoms with van der Waals surface area (Å²) < 4.78 is 23.1. The van der Waals surface area contributed by atoms with Crippen LogP contribution in [0.15, 0.2) is 71.1 Å². The lowest BCUT2D eigenvalue weighted by molar-refractivity contribution is -0.142. The Labute approximate surface area is 217 Å². The number of methoxy groups -OCH3 is 1. The number of nitrogens with one attached hydrogen (secondary N) is 1. The molecule has 7 heteroatoms. The molecule has 1 fully saturated rings. The summed E-state index contributed by atoms with van der Waals surface area (Å²) in [4.78, 5) is 26.6. The van der Waals surface area contributed by atoms with Crippen LogP contribution in [-0.2, 0) is 25.7 Å². The van der Waals surface area contributed by atoms with Gasteiger partial charge in [0.05, 0.1) is 18.8 Å². The largest absolute Gasteiger partial charge is 0.493 e. The molecule has 2 atom stereocenters. The van der Waals surface area contributed by atoms with E-state index >= 15 is 0 Å². The van der Waals surface area contributed by atoms with Gasteiger partial charge in [-0.3, -0.25) is 4.79 Å². The van der Waals surface area contributed by atoms with E-state index in [4.69, 9.17) is 18.9 Å². The summed E-state index contributed by atoms with van der Waals surface area (Å²) >= 11 is 0. The number of carbonyl (C=O) groups excluding carboxylic acids is 2. The van der Waals surface area contributed by atoms with Gasteiger partial charge in [-0.2, -0.15) is 0 Å². The minimum absolute atomic E-state index is 0.0547. The van der Waals surface area contributed by atoms with Crippen LogP contribution in [0.4, 0.5) is 0 Å². The normalized spacial score (nSPS) is 21.4. The number of Topliss-reactive ketones (excluding diaryl/α,β-unsaturated/α-hetero) is 1. The van der Waals surface area contributed by atoms with Crippen molar-refractivity contribution in [3.05, 3.63) is 82.2 Å². The molecule has 1 saturated heterocycles. The van der Waals surface area contributed by atoms with Gasteiger partial charge in [0, 0.05) is 35.9 Å². The van der Waals surface area contributed by atoms with Crippen LogP contribution in [0.3, 0.4) is 0 Å². The molecular weight excluding hydrogens is 470 g/mol. The summed E-state index contributed by atoms with van der Waals surface area (Å²) in [7, 11) is 1.59. The molecule has 3 aliphatic rings. The number of hydrogen-bond donors (Lipinski definition) is 1. The van der Waals surface area contributed by atoms with Crippen molar-refractivity contribution in [2.24, 2.45) is 0 Å². The quantitative estimate of drug-likeness (QED) is 0.510. The molecule has 1 aliphatic carbocycles. The number of allylic oxidation sites excluding steroid dienone is 3. The molecule has 7 nitrogen and oxygen atoms in total. The molecule has 194 valence electrons. The maximum Gasteiger partial charge on any atom is 0.336 e.